The molecule has 0 fully saturated rings. The zero-order valence-corrected chi connectivity index (χ0v) is 18.1. The van der Waals surface area contributed by atoms with E-state index < -0.39 is 17.7 Å². The number of anilines is 1. The number of aliphatic carboxylic acids is 1. The van der Waals surface area contributed by atoms with E-state index in [1.54, 1.807) is 30.5 Å². The van der Waals surface area contributed by atoms with Crippen molar-refractivity contribution in [3.8, 4) is 11.6 Å². The predicted octanol–water partition coefficient (Wildman–Crippen LogP) is 4.87. The van der Waals surface area contributed by atoms with Crippen molar-refractivity contribution in [3.05, 3.63) is 119 Å². The van der Waals surface area contributed by atoms with E-state index in [0.717, 1.165) is 11.4 Å². The molecule has 1 unspecified atom stereocenters. The summed E-state index contributed by atoms with van der Waals surface area (Å²) in [6.07, 6.45) is 1.39. The van der Waals surface area contributed by atoms with Crippen molar-refractivity contribution in [2.45, 2.75) is 18.9 Å². The fourth-order valence-electron chi connectivity index (χ4n) is 3.54. The number of hydrogen-bond donors (Lipinski definition) is 2. The van der Waals surface area contributed by atoms with Crippen molar-refractivity contribution in [3.63, 3.8) is 0 Å². The third-order valence-corrected chi connectivity index (χ3v) is 5.23. The van der Waals surface area contributed by atoms with Gasteiger partial charge in [0.1, 0.15) is 17.4 Å². The number of aromatic nitrogens is 2. The monoisotopic (exact) mass is 459 g/mol. The topological polar surface area (TPSA) is 98.4 Å². The number of carboxylic acid groups (broad SMARTS) is 1. The Labute approximate surface area is 195 Å². The molecular weight excluding hydrogens is 437 g/mol. The lowest BCUT2D eigenvalue weighted by molar-refractivity contribution is -0.620. The lowest BCUT2D eigenvalue weighted by Crippen LogP contribution is -2.35. The number of nitrogens with one attached hydrogen (secondary N) is 1. The highest BCUT2D eigenvalue weighted by atomic mass is 19.1. The van der Waals surface area contributed by atoms with Gasteiger partial charge in [-0.05, 0) is 53.6 Å². The average molecular weight is 459 g/mol. The summed E-state index contributed by atoms with van der Waals surface area (Å²) in [5, 5.41) is 25.7. The molecule has 0 amide bonds. The minimum absolute atomic E-state index is 0.00867. The van der Waals surface area contributed by atoms with Crippen molar-refractivity contribution < 1.29 is 23.8 Å². The summed E-state index contributed by atoms with van der Waals surface area (Å²) in [6.45, 7) is 0.572. The van der Waals surface area contributed by atoms with Gasteiger partial charge in [0.25, 0.3) is 0 Å². The molecule has 2 heterocycles. The van der Waals surface area contributed by atoms with Gasteiger partial charge < -0.3 is 20.4 Å². The Morgan fingerprint density at radius 2 is 1.79 bits per heavy atom. The minimum Gasteiger partial charge on any atom is -0.616 e. The van der Waals surface area contributed by atoms with E-state index in [1.807, 2.05) is 30.3 Å². The molecule has 7 nitrogen and oxygen atoms in total. The van der Waals surface area contributed by atoms with E-state index in [9.17, 15) is 19.5 Å². The van der Waals surface area contributed by atoms with Crippen LogP contribution in [0, 0.1) is 11.0 Å². The first-order chi connectivity index (χ1) is 16.5. The van der Waals surface area contributed by atoms with Crippen molar-refractivity contribution in [2.24, 2.45) is 0 Å². The summed E-state index contributed by atoms with van der Waals surface area (Å²) in [7, 11) is 0. The smallest absolute Gasteiger partial charge is 0.385 e. The molecule has 0 aliphatic carbocycles. The molecule has 0 saturated carbocycles. The quantitative estimate of drug-likeness (QED) is 0.274. The number of rotatable bonds is 9. The van der Waals surface area contributed by atoms with Gasteiger partial charge in [0, 0.05) is 18.8 Å². The highest BCUT2D eigenvalue weighted by molar-refractivity contribution is 5.68. The molecule has 2 aromatic carbocycles. The zero-order valence-electron chi connectivity index (χ0n) is 18.1. The molecule has 172 valence electrons. The van der Waals surface area contributed by atoms with Crippen LogP contribution in [-0.4, -0.2) is 16.1 Å². The summed E-state index contributed by atoms with van der Waals surface area (Å²) >= 11 is 0. The molecule has 8 heteroatoms. The molecule has 1 atom stereocenters. The fourth-order valence-corrected chi connectivity index (χ4v) is 3.54. The number of nitrogens with zero attached hydrogens (tertiary/aromatic N) is 2. The summed E-state index contributed by atoms with van der Waals surface area (Å²) in [4.78, 5) is 15.7. The van der Waals surface area contributed by atoms with Crippen LogP contribution in [0.3, 0.4) is 0 Å². The van der Waals surface area contributed by atoms with Gasteiger partial charge in [-0.1, -0.05) is 30.3 Å². The van der Waals surface area contributed by atoms with Crippen molar-refractivity contribution in [2.75, 3.05) is 5.32 Å². The molecule has 2 N–H and O–H groups in total. The van der Waals surface area contributed by atoms with Crippen LogP contribution in [0.2, 0.25) is 0 Å². The largest absolute Gasteiger partial charge is 0.616 e. The number of halogens is 1. The second-order valence-corrected chi connectivity index (χ2v) is 7.60. The van der Waals surface area contributed by atoms with Gasteiger partial charge in [0.15, 0.2) is 0 Å². The van der Waals surface area contributed by atoms with Gasteiger partial charge in [0.2, 0.25) is 5.69 Å². The molecule has 0 spiro atoms. The Kier molecular flexibility index (Phi) is 6.98. The van der Waals surface area contributed by atoms with Crippen LogP contribution >= 0.6 is 0 Å². The number of carbonyl (C=O) groups is 1. The molecule has 2 aromatic heterocycles. The first-order valence-electron chi connectivity index (χ1n) is 10.6. The molecule has 0 bridgehead atoms. The van der Waals surface area contributed by atoms with Crippen LogP contribution < -0.4 is 14.8 Å². The Balaban J connectivity index is 1.51. The normalized spacial score (nSPS) is 11.6. The summed E-state index contributed by atoms with van der Waals surface area (Å²) in [6, 6.07) is 23.0. The van der Waals surface area contributed by atoms with Crippen LogP contribution in [0.25, 0.3) is 0 Å². The maximum atomic E-state index is 13.4. The standard InChI is InChI=1S/C26H22FN3O4/c27-20-11-9-19(10-12-20)22(16-26(31)32)23-4-3-6-25(30(23)33)34-21-13-7-18(8-14-21)17-29-24-5-1-2-15-28-24/h1-15,22H,16-17H2,(H,28,29)(H,31,32). The Hall–Kier alpha value is -4.46. The van der Waals surface area contributed by atoms with Gasteiger partial charge in [-0.25, -0.2) is 9.37 Å². The number of carboxylic acids is 1. The second-order valence-electron chi connectivity index (χ2n) is 7.60. The van der Waals surface area contributed by atoms with Gasteiger partial charge in [0.05, 0.1) is 18.4 Å². The number of benzene rings is 2. The zero-order chi connectivity index (χ0) is 23.9. The number of pyridine rings is 2. The number of ether oxygens (including phenoxy) is 1. The summed E-state index contributed by atoms with van der Waals surface area (Å²) < 4.78 is 19.7. The summed E-state index contributed by atoms with van der Waals surface area (Å²) in [5.74, 6) is -1.04. The average Bonchev–Trinajstić information content (AvgIpc) is 2.85. The Morgan fingerprint density at radius 3 is 2.47 bits per heavy atom. The van der Waals surface area contributed by atoms with Crippen molar-refractivity contribution in [1.29, 1.82) is 0 Å². The van der Waals surface area contributed by atoms with Gasteiger partial charge in [-0.3, -0.25) is 4.79 Å². The van der Waals surface area contributed by atoms with E-state index in [-0.39, 0.29) is 18.0 Å². The highest BCUT2D eigenvalue weighted by Crippen LogP contribution is 2.28. The Morgan fingerprint density at radius 1 is 1.03 bits per heavy atom. The molecule has 4 aromatic rings. The van der Waals surface area contributed by atoms with Crippen LogP contribution in [0.4, 0.5) is 10.2 Å². The Bertz CT molecular complexity index is 1250. The molecule has 0 aliphatic heterocycles. The third-order valence-electron chi connectivity index (χ3n) is 5.23. The van der Waals surface area contributed by atoms with E-state index in [0.29, 0.717) is 22.6 Å². The SMILES string of the molecule is O=C(O)CC(c1ccc(F)cc1)c1cccc(Oc2ccc(CNc3ccccn3)cc2)[n+]1[O-]. The molecule has 0 aliphatic rings. The molecule has 0 radical (unpaired) electrons. The van der Waals surface area contributed by atoms with Crippen molar-refractivity contribution in [1.82, 2.24) is 4.98 Å². The van der Waals surface area contributed by atoms with Crippen LogP contribution in [-0.2, 0) is 11.3 Å². The fraction of sp³-hybridized carbons (Fsp3) is 0.115. The molecule has 4 rings (SSSR count). The lowest BCUT2D eigenvalue weighted by atomic mass is 9.92. The van der Waals surface area contributed by atoms with E-state index in [1.165, 1.54) is 30.3 Å². The van der Waals surface area contributed by atoms with Crippen molar-refractivity contribution >= 4 is 11.8 Å². The van der Waals surface area contributed by atoms with Crippen LogP contribution in [0.1, 0.15) is 29.2 Å². The highest BCUT2D eigenvalue weighted by Gasteiger charge is 2.27. The maximum absolute atomic E-state index is 13.4. The second kappa shape index (κ2) is 10.4. The summed E-state index contributed by atoms with van der Waals surface area (Å²) in [5.41, 5.74) is 1.72. The maximum Gasteiger partial charge on any atom is 0.385 e. The van der Waals surface area contributed by atoms with E-state index in [2.05, 4.69) is 10.3 Å². The molecular formula is C26H22FN3O4. The van der Waals surface area contributed by atoms with Gasteiger partial charge in [-0.2, -0.15) is 0 Å². The first kappa shape index (κ1) is 22.7. The number of hydrogen-bond acceptors (Lipinski definition) is 5. The first-order valence-corrected chi connectivity index (χ1v) is 10.6. The lowest BCUT2D eigenvalue weighted by Gasteiger charge is -2.17. The van der Waals surface area contributed by atoms with Gasteiger partial charge >= 0.3 is 11.8 Å². The molecule has 0 saturated heterocycles. The van der Waals surface area contributed by atoms with Crippen LogP contribution in [0.5, 0.6) is 11.6 Å². The van der Waals surface area contributed by atoms with E-state index >= 15 is 0 Å². The molecule has 34 heavy (non-hydrogen) atoms. The van der Waals surface area contributed by atoms with E-state index in [4.69, 9.17) is 4.74 Å². The minimum atomic E-state index is -1.07. The third kappa shape index (κ3) is 5.66. The van der Waals surface area contributed by atoms with Gasteiger partial charge in [-0.15, -0.1) is 4.73 Å². The predicted molar refractivity (Wildman–Crippen MR) is 124 cm³/mol. The van der Waals surface area contributed by atoms with Crippen LogP contribution in [0.15, 0.2) is 91.1 Å².